The molecule has 84 valence electrons. The van der Waals surface area contributed by atoms with Gasteiger partial charge < -0.3 is 14.2 Å². The third-order valence-electron chi connectivity index (χ3n) is 2.13. The van der Waals surface area contributed by atoms with Gasteiger partial charge in [-0.1, -0.05) is 12.2 Å². The van der Waals surface area contributed by atoms with Crippen LogP contribution >= 0.6 is 0 Å². The number of hydrogen-bond donors (Lipinski definition) is 0. The Kier molecular flexibility index (Phi) is 7.09. The lowest BCUT2D eigenvalue weighted by atomic mass is 10.3. The molecule has 0 aliphatic heterocycles. The minimum Gasteiger partial charge on any atom is -0.377 e. The quantitative estimate of drug-likeness (QED) is 0.259. The molecular formula is C10H22O3Si. The lowest BCUT2D eigenvalue weighted by molar-refractivity contribution is -0.148. The van der Waals surface area contributed by atoms with Gasteiger partial charge in [0.2, 0.25) is 0 Å². The first-order valence-electron chi connectivity index (χ1n) is 4.86. The zero-order valence-corrected chi connectivity index (χ0v) is 11.8. The van der Waals surface area contributed by atoms with Gasteiger partial charge >= 0.3 is 0 Å². The molecule has 0 radical (unpaired) electrons. The molecule has 0 aromatic rings. The molecule has 0 atom stereocenters. The molecule has 0 aromatic carbocycles. The summed E-state index contributed by atoms with van der Waals surface area (Å²) in [5.41, 5.74) is 0.715. The second-order valence-corrected chi connectivity index (χ2v) is 5.18. The molecule has 0 spiro atoms. The minimum atomic E-state index is -0.341. The van der Waals surface area contributed by atoms with Crippen molar-refractivity contribution in [2.24, 2.45) is 0 Å². The maximum atomic E-state index is 5.38. The van der Waals surface area contributed by atoms with Crippen LogP contribution in [0, 0.1) is 0 Å². The molecule has 0 rings (SSSR count). The van der Waals surface area contributed by atoms with Gasteiger partial charge in [0.15, 0.2) is 0 Å². The second-order valence-electron chi connectivity index (χ2n) is 3.66. The van der Waals surface area contributed by atoms with E-state index in [1.165, 1.54) is 0 Å². The molecule has 3 nitrogen and oxygen atoms in total. The van der Waals surface area contributed by atoms with E-state index in [9.17, 15) is 0 Å². The van der Waals surface area contributed by atoms with Crippen LogP contribution in [0.4, 0.5) is 0 Å². The van der Waals surface area contributed by atoms with Gasteiger partial charge in [-0.25, -0.2) is 0 Å². The van der Waals surface area contributed by atoms with Crippen LogP contribution in [0.1, 0.15) is 19.8 Å². The smallest absolute Gasteiger partial charge is 0.140 e. The van der Waals surface area contributed by atoms with Crippen molar-refractivity contribution in [2.75, 3.05) is 27.4 Å². The van der Waals surface area contributed by atoms with Crippen LogP contribution in [0.25, 0.3) is 0 Å². The number of rotatable bonds is 8. The van der Waals surface area contributed by atoms with Crippen LogP contribution < -0.4 is 0 Å². The summed E-state index contributed by atoms with van der Waals surface area (Å²) in [6.07, 6.45) is 1.85. The van der Waals surface area contributed by atoms with E-state index in [0.29, 0.717) is 6.61 Å². The van der Waals surface area contributed by atoms with Gasteiger partial charge in [-0.2, -0.15) is 0 Å². The molecule has 0 amide bonds. The maximum absolute atomic E-state index is 5.38. The highest BCUT2D eigenvalue weighted by atomic mass is 28.1. The summed E-state index contributed by atoms with van der Waals surface area (Å²) in [4.78, 5) is 0. The van der Waals surface area contributed by atoms with Crippen molar-refractivity contribution in [3.63, 3.8) is 0 Å². The van der Waals surface area contributed by atoms with E-state index in [1.807, 2.05) is 6.92 Å². The summed E-state index contributed by atoms with van der Waals surface area (Å²) < 4.78 is 15.9. The van der Waals surface area contributed by atoms with Crippen LogP contribution in [0.2, 0.25) is 0 Å². The first kappa shape index (κ1) is 13.8. The monoisotopic (exact) mass is 218 g/mol. The van der Waals surface area contributed by atoms with E-state index in [2.05, 4.69) is 6.58 Å². The van der Waals surface area contributed by atoms with Crippen LogP contribution in [-0.2, 0) is 14.2 Å². The molecule has 0 saturated heterocycles. The van der Waals surface area contributed by atoms with E-state index in [1.54, 1.807) is 14.2 Å². The Labute approximate surface area is 89.8 Å². The van der Waals surface area contributed by atoms with Gasteiger partial charge in [0.1, 0.15) is 5.41 Å². The van der Waals surface area contributed by atoms with Gasteiger partial charge in [-0.3, -0.25) is 0 Å². The summed E-state index contributed by atoms with van der Waals surface area (Å²) in [7, 11) is 4.24. The van der Waals surface area contributed by atoms with Crippen molar-refractivity contribution in [1.82, 2.24) is 0 Å². The Morgan fingerprint density at radius 2 is 1.93 bits per heavy atom. The van der Waals surface area contributed by atoms with Crippen molar-refractivity contribution < 1.29 is 14.2 Å². The molecule has 0 bridgehead atoms. The minimum absolute atomic E-state index is 0.341. The summed E-state index contributed by atoms with van der Waals surface area (Å²) >= 11 is 0. The lowest BCUT2D eigenvalue weighted by Crippen LogP contribution is -2.34. The standard InChI is InChI=1S/C10H22O3Si/c1-9(2)8-13-7-5-6-10(14,11-3)12-4/h1,5-8H2,2-4,14H3. The predicted molar refractivity (Wildman–Crippen MR) is 61.6 cm³/mol. The molecule has 0 fully saturated rings. The number of ether oxygens (including phenoxy) is 3. The Balaban J connectivity index is 3.47. The summed E-state index contributed by atoms with van der Waals surface area (Å²) in [5.74, 6) is 0. The average molecular weight is 218 g/mol. The number of methoxy groups -OCH3 is 2. The molecule has 0 aliphatic rings. The highest BCUT2D eigenvalue weighted by Gasteiger charge is 2.20. The average Bonchev–Trinajstić information content (AvgIpc) is 2.16. The van der Waals surface area contributed by atoms with Crippen LogP contribution in [0.3, 0.4) is 0 Å². The van der Waals surface area contributed by atoms with Crippen LogP contribution in [-0.4, -0.2) is 43.1 Å². The topological polar surface area (TPSA) is 27.7 Å². The van der Waals surface area contributed by atoms with E-state index < -0.39 is 0 Å². The van der Waals surface area contributed by atoms with Gasteiger partial charge in [0.05, 0.1) is 16.8 Å². The SMILES string of the molecule is C=C(C)COCCCC([SiH3])(OC)OC. The first-order valence-corrected chi connectivity index (χ1v) is 5.86. The Bertz CT molecular complexity index is 167. The van der Waals surface area contributed by atoms with Gasteiger partial charge in [0, 0.05) is 20.8 Å². The molecule has 0 N–H and O–H groups in total. The third kappa shape index (κ3) is 6.31. The van der Waals surface area contributed by atoms with Crippen molar-refractivity contribution >= 4 is 10.2 Å². The fourth-order valence-electron chi connectivity index (χ4n) is 1.03. The molecule has 14 heavy (non-hydrogen) atoms. The second kappa shape index (κ2) is 7.17. The lowest BCUT2D eigenvalue weighted by Gasteiger charge is -2.26. The highest BCUT2D eigenvalue weighted by molar-refractivity contribution is 6.13. The van der Waals surface area contributed by atoms with E-state index in [4.69, 9.17) is 14.2 Å². The number of hydrogen-bond acceptors (Lipinski definition) is 3. The largest absolute Gasteiger partial charge is 0.377 e. The zero-order chi connectivity index (χ0) is 11.0. The van der Waals surface area contributed by atoms with Crippen molar-refractivity contribution in [2.45, 2.75) is 25.2 Å². The Morgan fingerprint density at radius 3 is 2.36 bits per heavy atom. The third-order valence-corrected chi connectivity index (χ3v) is 3.45. The van der Waals surface area contributed by atoms with E-state index in [-0.39, 0.29) is 5.41 Å². The summed E-state index contributed by atoms with van der Waals surface area (Å²) in [5, 5.41) is 0. The fourth-order valence-corrected chi connectivity index (χ4v) is 1.38. The molecule has 0 aromatic heterocycles. The molecule has 4 heteroatoms. The Hall–Kier alpha value is -0.163. The normalized spacial score (nSPS) is 11.9. The highest BCUT2D eigenvalue weighted by Crippen LogP contribution is 2.13. The van der Waals surface area contributed by atoms with Gasteiger partial charge in [-0.05, 0) is 19.8 Å². The summed E-state index contributed by atoms with van der Waals surface area (Å²) in [6, 6.07) is 0. The van der Waals surface area contributed by atoms with Gasteiger partial charge in [-0.15, -0.1) is 0 Å². The first-order chi connectivity index (χ1) is 6.54. The van der Waals surface area contributed by atoms with Crippen molar-refractivity contribution in [3.8, 4) is 0 Å². The molecular weight excluding hydrogens is 196 g/mol. The van der Waals surface area contributed by atoms with Crippen molar-refractivity contribution in [1.29, 1.82) is 0 Å². The molecule has 0 aliphatic carbocycles. The van der Waals surface area contributed by atoms with Crippen LogP contribution in [0.5, 0.6) is 0 Å². The summed E-state index contributed by atoms with van der Waals surface area (Å²) in [6.45, 7) is 7.11. The van der Waals surface area contributed by atoms with Crippen molar-refractivity contribution in [3.05, 3.63) is 12.2 Å². The maximum Gasteiger partial charge on any atom is 0.140 e. The van der Waals surface area contributed by atoms with Gasteiger partial charge in [0.25, 0.3) is 0 Å². The molecule has 0 unspecified atom stereocenters. The van der Waals surface area contributed by atoms with E-state index in [0.717, 1.165) is 35.3 Å². The van der Waals surface area contributed by atoms with Crippen LogP contribution in [0.15, 0.2) is 12.2 Å². The fraction of sp³-hybridized carbons (Fsp3) is 0.800. The zero-order valence-electron chi connectivity index (χ0n) is 9.76. The predicted octanol–water partition coefficient (Wildman–Crippen LogP) is 0.671. The van der Waals surface area contributed by atoms with E-state index >= 15 is 0 Å². The Morgan fingerprint density at radius 1 is 1.36 bits per heavy atom. The molecule has 0 heterocycles. The molecule has 0 saturated carbocycles.